The standard InChI is InChI=1S/C13H16F2N2O/c1-3-17(9-6-16-7-9)13(18)10-4-8(2)11(14)5-12(10)15/h4-5,9,16H,3,6-7H2,1-2H3. The summed E-state index contributed by atoms with van der Waals surface area (Å²) in [7, 11) is 0. The summed E-state index contributed by atoms with van der Waals surface area (Å²) in [6, 6.07) is 2.16. The van der Waals surface area contributed by atoms with Crippen molar-refractivity contribution < 1.29 is 13.6 Å². The monoisotopic (exact) mass is 254 g/mol. The van der Waals surface area contributed by atoms with E-state index in [1.54, 1.807) is 4.90 Å². The Morgan fingerprint density at radius 3 is 2.56 bits per heavy atom. The lowest BCUT2D eigenvalue weighted by molar-refractivity contribution is 0.0625. The average molecular weight is 254 g/mol. The molecule has 0 bridgehead atoms. The van der Waals surface area contributed by atoms with Crippen molar-refractivity contribution in [2.24, 2.45) is 0 Å². The number of carbonyl (C=O) groups excluding carboxylic acids is 1. The van der Waals surface area contributed by atoms with E-state index in [1.807, 2.05) is 6.92 Å². The molecule has 0 radical (unpaired) electrons. The number of benzene rings is 1. The van der Waals surface area contributed by atoms with Crippen molar-refractivity contribution in [3.8, 4) is 0 Å². The van der Waals surface area contributed by atoms with E-state index in [2.05, 4.69) is 5.32 Å². The van der Waals surface area contributed by atoms with Gasteiger partial charge in [-0.15, -0.1) is 0 Å². The molecule has 1 aromatic rings. The van der Waals surface area contributed by atoms with Gasteiger partial charge in [0.25, 0.3) is 5.91 Å². The molecule has 0 aromatic heterocycles. The minimum atomic E-state index is -0.797. The number of rotatable bonds is 3. The lowest BCUT2D eigenvalue weighted by Gasteiger charge is -2.37. The fourth-order valence-electron chi connectivity index (χ4n) is 2.04. The van der Waals surface area contributed by atoms with Crippen LogP contribution in [-0.2, 0) is 0 Å². The number of hydrogen-bond acceptors (Lipinski definition) is 2. The minimum absolute atomic E-state index is 0.0531. The first-order valence-electron chi connectivity index (χ1n) is 6.02. The number of aryl methyl sites for hydroxylation is 1. The van der Waals surface area contributed by atoms with Crippen LogP contribution in [0, 0.1) is 18.6 Å². The Morgan fingerprint density at radius 1 is 1.39 bits per heavy atom. The second kappa shape index (κ2) is 5.02. The van der Waals surface area contributed by atoms with E-state index < -0.39 is 11.6 Å². The number of hydrogen-bond donors (Lipinski definition) is 1. The molecule has 1 heterocycles. The smallest absolute Gasteiger partial charge is 0.257 e. The molecule has 1 fully saturated rings. The average Bonchev–Trinajstić information content (AvgIpc) is 2.27. The zero-order valence-corrected chi connectivity index (χ0v) is 10.5. The van der Waals surface area contributed by atoms with Crippen LogP contribution in [0.1, 0.15) is 22.8 Å². The largest absolute Gasteiger partial charge is 0.333 e. The fourth-order valence-corrected chi connectivity index (χ4v) is 2.04. The van der Waals surface area contributed by atoms with Crippen LogP contribution in [0.2, 0.25) is 0 Å². The van der Waals surface area contributed by atoms with Crippen molar-refractivity contribution in [2.75, 3.05) is 19.6 Å². The molecule has 1 saturated heterocycles. The summed E-state index contributed by atoms with van der Waals surface area (Å²) < 4.78 is 26.8. The van der Waals surface area contributed by atoms with Crippen LogP contribution in [0.25, 0.3) is 0 Å². The van der Waals surface area contributed by atoms with E-state index in [9.17, 15) is 13.6 Å². The topological polar surface area (TPSA) is 32.3 Å². The van der Waals surface area contributed by atoms with Crippen molar-refractivity contribution in [2.45, 2.75) is 19.9 Å². The maximum absolute atomic E-state index is 13.7. The van der Waals surface area contributed by atoms with Gasteiger partial charge in [-0.05, 0) is 25.5 Å². The van der Waals surface area contributed by atoms with Crippen molar-refractivity contribution in [1.82, 2.24) is 10.2 Å². The van der Waals surface area contributed by atoms with Crippen molar-refractivity contribution in [3.63, 3.8) is 0 Å². The van der Waals surface area contributed by atoms with E-state index in [0.717, 1.165) is 19.2 Å². The van der Waals surface area contributed by atoms with Gasteiger partial charge in [-0.2, -0.15) is 0 Å². The number of carbonyl (C=O) groups is 1. The van der Waals surface area contributed by atoms with Gasteiger partial charge in [-0.1, -0.05) is 0 Å². The van der Waals surface area contributed by atoms with Gasteiger partial charge in [-0.3, -0.25) is 4.79 Å². The second-order valence-electron chi connectivity index (χ2n) is 4.48. The van der Waals surface area contributed by atoms with Gasteiger partial charge >= 0.3 is 0 Å². The first-order valence-corrected chi connectivity index (χ1v) is 6.02. The Bertz CT molecular complexity index is 472. The first kappa shape index (κ1) is 13.0. The van der Waals surface area contributed by atoms with E-state index in [1.165, 1.54) is 13.0 Å². The molecule has 1 aromatic carbocycles. The summed E-state index contributed by atoms with van der Waals surface area (Å²) in [5.41, 5.74) is 0.227. The van der Waals surface area contributed by atoms with Gasteiger partial charge in [0, 0.05) is 25.7 Å². The van der Waals surface area contributed by atoms with Crippen LogP contribution < -0.4 is 5.32 Å². The zero-order valence-electron chi connectivity index (χ0n) is 10.5. The Balaban J connectivity index is 2.29. The number of halogens is 2. The third-order valence-electron chi connectivity index (χ3n) is 3.28. The minimum Gasteiger partial charge on any atom is -0.333 e. The molecule has 18 heavy (non-hydrogen) atoms. The van der Waals surface area contributed by atoms with Crippen LogP contribution in [0.3, 0.4) is 0 Å². The van der Waals surface area contributed by atoms with Crippen molar-refractivity contribution in [3.05, 3.63) is 34.9 Å². The van der Waals surface area contributed by atoms with Crippen LogP contribution in [0.4, 0.5) is 8.78 Å². The zero-order chi connectivity index (χ0) is 13.3. The normalized spacial score (nSPS) is 15.3. The Kier molecular flexibility index (Phi) is 3.61. The lowest BCUT2D eigenvalue weighted by atomic mass is 10.1. The van der Waals surface area contributed by atoms with Gasteiger partial charge in [0.05, 0.1) is 11.6 Å². The Morgan fingerprint density at radius 2 is 2.06 bits per heavy atom. The number of nitrogens with zero attached hydrogens (tertiary/aromatic N) is 1. The van der Waals surface area contributed by atoms with Crippen LogP contribution in [0.15, 0.2) is 12.1 Å². The van der Waals surface area contributed by atoms with E-state index in [4.69, 9.17) is 0 Å². The summed E-state index contributed by atoms with van der Waals surface area (Å²) in [6.45, 7) is 5.33. The molecule has 2 rings (SSSR count). The number of nitrogens with one attached hydrogen (secondary N) is 1. The second-order valence-corrected chi connectivity index (χ2v) is 4.48. The fraction of sp³-hybridized carbons (Fsp3) is 0.462. The number of likely N-dealkylation sites (N-methyl/N-ethyl adjacent to an activating group) is 1. The summed E-state index contributed by atoms with van der Waals surface area (Å²) >= 11 is 0. The molecule has 0 atom stereocenters. The van der Waals surface area contributed by atoms with Crippen LogP contribution >= 0.6 is 0 Å². The highest BCUT2D eigenvalue weighted by Crippen LogP contribution is 2.18. The molecule has 1 amide bonds. The molecule has 0 aliphatic carbocycles. The Hall–Kier alpha value is -1.49. The molecule has 3 nitrogen and oxygen atoms in total. The van der Waals surface area contributed by atoms with E-state index in [-0.39, 0.29) is 23.1 Å². The summed E-state index contributed by atoms with van der Waals surface area (Å²) in [5.74, 6) is -1.80. The third-order valence-corrected chi connectivity index (χ3v) is 3.28. The quantitative estimate of drug-likeness (QED) is 0.890. The molecular formula is C13H16F2N2O. The highest BCUT2D eigenvalue weighted by Gasteiger charge is 2.29. The van der Waals surface area contributed by atoms with Gasteiger partial charge < -0.3 is 10.2 Å². The predicted octanol–water partition coefficient (Wildman–Crippen LogP) is 1.71. The highest BCUT2D eigenvalue weighted by molar-refractivity contribution is 5.95. The molecule has 1 aliphatic rings. The van der Waals surface area contributed by atoms with E-state index in [0.29, 0.717) is 6.54 Å². The third kappa shape index (κ3) is 2.22. The Labute approximate surface area is 105 Å². The van der Waals surface area contributed by atoms with Gasteiger partial charge in [-0.25, -0.2) is 8.78 Å². The molecule has 5 heteroatoms. The molecule has 1 aliphatic heterocycles. The molecule has 0 spiro atoms. The van der Waals surface area contributed by atoms with Crippen molar-refractivity contribution in [1.29, 1.82) is 0 Å². The predicted molar refractivity (Wildman–Crippen MR) is 64.5 cm³/mol. The van der Waals surface area contributed by atoms with Crippen molar-refractivity contribution >= 4 is 5.91 Å². The highest BCUT2D eigenvalue weighted by atomic mass is 19.1. The van der Waals surface area contributed by atoms with Gasteiger partial charge in [0.15, 0.2) is 0 Å². The maximum Gasteiger partial charge on any atom is 0.257 e. The van der Waals surface area contributed by atoms with Crippen LogP contribution in [0.5, 0.6) is 0 Å². The summed E-state index contributed by atoms with van der Waals surface area (Å²) in [4.78, 5) is 13.8. The van der Waals surface area contributed by atoms with Crippen LogP contribution in [-0.4, -0.2) is 36.5 Å². The lowest BCUT2D eigenvalue weighted by Crippen LogP contribution is -2.58. The van der Waals surface area contributed by atoms with Gasteiger partial charge in [0.1, 0.15) is 11.6 Å². The molecule has 0 saturated carbocycles. The molecule has 0 unspecified atom stereocenters. The number of amides is 1. The SMILES string of the molecule is CCN(C(=O)c1cc(C)c(F)cc1F)C1CNC1. The van der Waals surface area contributed by atoms with E-state index >= 15 is 0 Å². The molecule has 1 N–H and O–H groups in total. The summed E-state index contributed by atoms with van der Waals surface area (Å²) in [5, 5.41) is 3.07. The summed E-state index contributed by atoms with van der Waals surface area (Å²) in [6.07, 6.45) is 0. The first-order chi connectivity index (χ1) is 8.54. The maximum atomic E-state index is 13.7. The molecular weight excluding hydrogens is 238 g/mol. The molecule has 98 valence electrons. The van der Waals surface area contributed by atoms with Gasteiger partial charge in [0.2, 0.25) is 0 Å².